The Balaban J connectivity index is 2.42. The van der Waals surface area contributed by atoms with Crippen LogP contribution in [0.25, 0.3) is 0 Å². The lowest BCUT2D eigenvalue weighted by molar-refractivity contribution is -0.146. The highest BCUT2D eigenvalue weighted by Crippen LogP contribution is 2.32. The van der Waals surface area contributed by atoms with Crippen molar-refractivity contribution in [1.29, 1.82) is 0 Å². The van der Waals surface area contributed by atoms with Crippen molar-refractivity contribution in [2.24, 2.45) is 0 Å². The molecule has 0 atom stereocenters. The molecule has 1 heterocycles. The van der Waals surface area contributed by atoms with Crippen molar-refractivity contribution in [3.05, 3.63) is 29.3 Å². The van der Waals surface area contributed by atoms with Gasteiger partial charge in [0.1, 0.15) is 0 Å². The van der Waals surface area contributed by atoms with Crippen LogP contribution in [0.3, 0.4) is 0 Å². The fraction of sp³-hybridized carbons (Fsp3) is 0.467. The Kier molecular flexibility index (Phi) is 3.35. The zero-order valence-electron chi connectivity index (χ0n) is 11.8. The first kappa shape index (κ1) is 13.6. The molecule has 2 rings (SSSR count). The van der Waals surface area contributed by atoms with E-state index in [1.54, 1.807) is 11.9 Å². The number of nitrogens with zero attached hydrogens (tertiary/aromatic N) is 1. The molecule has 4 nitrogen and oxygen atoms in total. The van der Waals surface area contributed by atoms with Gasteiger partial charge in [0.05, 0.1) is 12.5 Å². The maximum atomic E-state index is 11.8. The zero-order valence-corrected chi connectivity index (χ0v) is 11.8. The minimum Gasteiger partial charge on any atom is -0.468 e. The van der Waals surface area contributed by atoms with E-state index in [0.29, 0.717) is 6.42 Å². The maximum absolute atomic E-state index is 11.8. The molecule has 0 N–H and O–H groups in total. The van der Waals surface area contributed by atoms with Gasteiger partial charge in [0.25, 0.3) is 0 Å². The number of methoxy groups -OCH3 is 1. The predicted molar refractivity (Wildman–Crippen MR) is 73.2 cm³/mol. The first-order valence-electron chi connectivity index (χ1n) is 6.36. The molecule has 102 valence electrons. The summed E-state index contributed by atoms with van der Waals surface area (Å²) in [6, 6.07) is 5.81. The minimum atomic E-state index is -0.677. The zero-order chi connectivity index (χ0) is 14.2. The molecule has 19 heavy (non-hydrogen) atoms. The Morgan fingerprint density at radius 3 is 2.63 bits per heavy atom. The number of hydrogen-bond acceptors (Lipinski definition) is 3. The van der Waals surface area contributed by atoms with E-state index in [-0.39, 0.29) is 11.9 Å². The van der Waals surface area contributed by atoms with Crippen molar-refractivity contribution >= 4 is 17.6 Å². The predicted octanol–water partition coefficient (Wildman–Crippen LogP) is 2.05. The van der Waals surface area contributed by atoms with Gasteiger partial charge >= 0.3 is 5.97 Å². The fourth-order valence-electron chi connectivity index (χ4n) is 2.42. The summed E-state index contributed by atoms with van der Waals surface area (Å²) >= 11 is 0. The SMILES string of the molecule is COC(=O)C(C)(C)c1ccc2c(c1)CCC(=O)N2C. The first-order valence-corrected chi connectivity index (χ1v) is 6.36. The van der Waals surface area contributed by atoms with Crippen molar-refractivity contribution in [3.8, 4) is 0 Å². The summed E-state index contributed by atoms with van der Waals surface area (Å²) in [5, 5.41) is 0. The highest BCUT2D eigenvalue weighted by molar-refractivity contribution is 5.96. The van der Waals surface area contributed by atoms with Gasteiger partial charge in [0, 0.05) is 19.2 Å². The van der Waals surface area contributed by atoms with Crippen LogP contribution in [0.15, 0.2) is 18.2 Å². The average molecular weight is 261 g/mol. The molecule has 1 aliphatic rings. The lowest BCUT2D eigenvalue weighted by atomic mass is 9.82. The number of aryl methyl sites for hydroxylation is 1. The molecule has 0 bridgehead atoms. The summed E-state index contributed by atoms with van der Waals surface area (Å²) in [4.78, 5) is 25.2. The number of esters is 1. The number of fused-ring (bicyclic) bond motifs is 1. The van der Waals surface area contributed by atoms with Gasteiger partial charge in [0.2, 0.25) is 5.91 Å². The van der Waals surface area contributed by atoms with E-state index < -0.39 is 5.41 Å². The largest absolute Gasteiger partial charge is 0.468 e. The van der Waals surface area contributed by atoms with Crippen molar-refractivity contribution in [2.45, 2.75) is 32.1 Å². The van der Waals surface area contributed by atoms with Crippen LogP contribution in [0, 0.1) is 0 Å². The number of amides is 1. The Bertz CT molecular complexity index is 534. The first-order chi connectivity index (χ1) is 8.87. The van der Waals surface area contributed by atoms with Gasteiger partial charge in [-0.2, -0.15) is 0 Å². The molecule has 1 aliphatic heterocycles. The van der Waals surface area contributed by atoms with Gasteiger partial charge in [-0.1, -0.05) is 12.1 Å². The maximum Gasteiger partial charge on any atom is 0.315 e. The molecule has 0 aliphatic carbocycles. The number of benzene rings is 1. The number of rotatable bonds is 2. The standard InChI is InChI=1S/C15H19NO3/c1-15(2,14(18)19-4)11-6-7-12-10(9-11)5-8-13(17)16(12)3/h6-7,9H,5,8H2,1-4H3. The molecule has 0 radical (unpaired) electrons. The summed E-state index contributed by atoms with van der Waals surface area (Å²) in [5.41, 5.74) is 2.28. The van der Waals surface area contributed by atoms with E-state index in [1.165, 1.54) is 7.11 Å². The number of hydrogen-bond donors (Lipinski definition) is 0. The molecule has 0 saturated carbocycles. The number of anilines is 1. The van der Waals surface area contributed by atoms with Gasteiger partial charge in [-0.3, -0.25) is 9.59 Å². The van der Waals surface area contributed by atoms with Gasteiger partial charge < -0.3 is 9.64 Å². The molecule has 0 aromatic heterocycles. The summed E-state index contributed by atoms with van der Waals surface area (Å²) in [5.74, 6) is -0.125. The molecular formula is C15H19NO3. The highest BCUT2D eigenvalue weighted by atomic mass is 16.5. The second-order valence-corrected chi connectivity index (χ2v) is 5.41. The van der Waals surface area contributed by atoms with Crippen molar-refractivity contribution < 1.29 is 14.3 Å². The summed E-state index contributed by atoms with van der Waals surface area (Å²) in [6.07, 6.45) is 1.25. The van der Waals surface area contributed by atoms with Gasteiger partial charge in [-0.15, -0.1) is 0 Å². The van der Waals surface area contributed by atoms with E-state index in [4.69, 9.17) is 4.74 Å². The van der Waals surface area contributed by atoms with E-state index in [1.807, 2.05) is 32.0 Å². The Hall–Kier alpha value is -1.84. The van der Waals surface area contributed by atoms with E-state index >= 15 is 0 Å². The molecule has 4 heteroatoms. The lowest BCUT2D eigenvalue weighted by Gasteiger charge is -2.29. The third-order valence-electron chi connectivity index (χ3n) is 3.84. The van der Waals surface area contributed by atoms with Crippen LogP contribution in [0.5, 0.6) is 0 Å². The van der Waals surface area contributed by atoms with Gasteiger partial charge in [0.15, 0.2) is 0 Å². The molecule has 1 aromatic rings. The summed E-state index contributed by atoms with van der Waals surface area (Å²) in [6.45, 7) is 3.69. The topological polar surface area (TPSA) is 46.6 Å². The van der Waals surface area contributed by atoms with Crippen LogP contribution in [0.4, 0.5) is 5.69 Å². The Labute approximate surface area is 113 Å². The molecule has 0 unspecified atom stereocenters. The Morgan fingerprint density at radius 1 is 1.32 bits per heavy atom. The lowest BCUT2D eigenvalue weighted by Crippen LogP contribution is -2.33. The normalized spacial score (nSPS) is 15.2. The minimum absolute atomic E-state index is 0.132. The molecule has 1 aromatic carbocycles. The van der Waals surface area contributed by atoms with Crippen LogP contribution >= 0.6 is 0 Å². The van der Waals surface area contributed by atoms with Crippen molar-refractivity contribution in [2.75, 3.05) is 19.1 Å². The molecule has 0 spiro atoms. The second kappa shape index (κ2) is 4.68. The summed E-state index contributed by atoms with van der Waals surface area (Å²) < 4.78 is 4.85. The molecule has 1 amide bonds. The van der Waals surface area contributed by atoms with Crippen molar-refractivity contribution in [3.63, 3.8) is 0 Å². The van der Waals surface area contributed by atoms with Crippen LogP contribution < -0.4 is 4.90 Å². The quantitative estimate of drug-likeness (QED) is 0.765. The van der Waals surface area contributed by atoms with Crippen LogP contribution in [-0.4, -0.2) is 26.0 Å². The third-order valence-corrected chi connectivity index (χ3v) is 3.84. The van der Waals surface area contributed by atoms with Gasteiger partial charge in [-0.05, 0) is 37.5 Å². The van der Waals surface area contributed by atoms with Gasteiger partial charge in [-0.25, -0.2) is 0 Å². The average Bonchev–Trinajstić information content (AvgIpc) is 2.41. The Morgan fingerprint density at radius 2 is 2.00 bits per heavy atom. The van der Waals surface area contributed by atoms with Crippen LogP contribution in [-0.2, 0) is 26.2 Å². The monoisotopic (exact) mass is 261 g/mol. The highest BCUT2D eigenvalue weighted by Gasteiger charge is 2.32. The van der Waals surface area contributed by atoms with E-state index in [2.05, 4.69) is 0 Å². The van der Waals surface area contributed by atoms with E-state index in [0.717, 1.165) is 23.2 Å². The van der Waals surface area contributed by atoms with E-state index in [9.17, 15) is 9.59 Å². The summed E-state index contributed by atoms with van der Waals surface area (Å²) in [7, 11) is 3.18. The third kappa shape index (κ3) is 2.23. The number of carbonyl (C=O) groups excluding carboxylic acids is 2. The fourth-order valence-corrected chi connectivity index (χ4v) is 2.42. The molecule has 0 fully saturated rings. The van der Waals surface area contributed by atoms with Crippen LogP contribution in [0.1, 0.15) is 31.4 Å². The van der Waals surface area contributed by atoms with Crippen LogP contribution in [0.2, 0.25) is 0 Å². The molecule has 0 saturated heterocycles. The number of ether oxygens (including phenoxy) is 1. The number of carbonyl (C=O) groups is 2. The molecular weight excluding hydrogens is 242 g/mol. The second-order valence-electron chi connectivity index (χ2n) is 5.41. The van der Waals surface area contributed by atoms with Crippen molar-refractivity contribution in [1.82, 2.24) is 0 Å². The smallest absolute Gasteiger partial charge is 0.315 e.